The second kappa shape index (κ2) is 9.95. The van der Waals surface area contributed by atoms with Gasteiger partial charge in [0.05, 0.1) is 6.42 Å². The summed E-state index contributed by atoms with van der Waals surface area (Å²) in [5, 5.41) is 11.2. The van der Waals surface area contributed by atoms with Gasteiger partial charge in [-0.25, -0.2) is 0 Å². The summed E-state index contributed by atoms with van der Waals surface area (Å²) in [6.07, 6.45) is -5.62. The third kappa shape index (κ3) is 8.25. The van der Waals surface area contributed by atoms with Crippen molar-refractivity contribution in [1.82, 2.24) is 5.32 Å². The Bertz CT molecular complexity index is 865. The van der Waals surface area contributed by atoms with Gasteiger partial charge >= 0.3 is 12.1 Å². The van der Waals surface area contributed by atoms with E-state index in [0.717, 1.165) is 11.1 Å². The zero-order chi connectivity index (χ0) is 21.4. The summed E-state index contributed by atoms with van der Waals surface area (Å²) < 4.78 is 42.2. The number of alkyl halides is 3. The van der Waals surface area contributed by atoms with E-state index >= 15 is 0 Å². The van der Waals surface area contributed by atoms with Crippen LogP contribution < -0.4 is 10.1 Å². The van der Waals surface area contributed by atoms with Gasteiger partial charge in [0.25, 0.3) is 0 Å². The number of carbonyl (C=O) groups excluding carboxylic acids is 1. The lowest BCUT2D eigenvalue weighted by Crippen LogP contribution is -2.24. The van der Waals surface area contributed by atoms with E-state index in [1.807, 2.05) is 19.1 Å². The molecule has 0 bridgehead atoms. The van der Waals surface area contributed by atoms with E-state index in [2.05, 4.69) is 5.32 Å². The first-order valence-corrected chi connectivity index (χ1v) is 9.04. The van der Waals surface area contributed by atoms with Crippen LogP contribution in [0.2, 0.25) is 0 Å². The molecule has 2 aromatic carbocycles. The van der Waals surface area contributed by atoms with Crippen LogP contribution in [-0.2, 0) is 22.6 Å². The van der Waals surface area contributed by atoms with Crippen molar-refractivity contribution in [2.75, 3.05) is 0 Å². The van der Waals surface area contributed by atoms with Gasteiger partial charge in [-0.1, -0.05) is 18.2 Å². The number of benzene rings is 2. The molecule has 0 aromatic heterocycles. The normalized spacial score (nSPS) is 11.2. The van der Waals surface area contributed by atoms with Crippen molar-refractivity contribution in [1.29, 1.82) is 0 Å². The number of aliphatic carboxylic acids is 1. The number of hydrogen-bond acceptors (Lipinski definition) is 3. The summed E-state index contributed by atoms with van der Waals surface area (Å²) in [5.74, 6) is -0.425. The summed E-state index contributed by atoms with van der Waals surface area (Å²) in [4.78, 5) is 22.2. The van der Waals surface area contributed by atoms with Crippen LogP contribution in [0.1, 0.15) is 36.0 Å². The highest BCUT2D eigenvalue weighted by Gasteiger charge is 2.27. The van der Waals surface area contributed by atoms with Crippen LogP contribution in [0.3, 0.4) is 0 Å². The van der Waals surface area contributed by atoms with Crippen LogP contribution in [0, 0.1) is 6.92 Å². The first kappa shape index (κ1) is 22.3. The molecule has 0 spiro atoms. The number of amides is 1. The predicted octanol–water partition coefficient (Wildman–Crippen LogP) is 4.76. The van der Waals surface area contributed by atoms with Gasteiger partial charge in [0.15, 0.2) is 0 Å². The van der Waals surface area contributed by atoms with Gasteiger partial charge in [0.1, 0.15) is 11.5 Å². The summed E-state index contributed by atoms with van der Waals surface area (Å²) in [6.45, 7) is 1.97. The van der Waals surface area contributed by atoms with Gasteiger partial charge in [0, 0.05) is 19.4 Å². The van der Waals surface area contributed by atoms with E-state index < -0.39 is 30.9 Å². The van der Waals surface area contributed by atoms with Gasteiger partial charge in [0.2, 0.25) is 5.91 Å². The molecule has 0 saturated carbocycles. The number of carbonyl (C=O) groups is 2. The Morgan fingerprint density at radius 2 is 1.79 bits per heavy atom. The van der Waals surface area contributed by atoms with E-state index in [4.69, 9.17) is 9.84 Å². The second-order valence-corrected chi connectivity index (χ2v) is 6.62. The lowest BCUT2D eigenvalue weighted by atomic mass is 10.0. The van der Waals surface area contributed by atoms with Gasteiger partial charge in [-0.05, 0) is 54.3 Å². The van der Waals surface area contributed by atoms with Crippen molar-refractivity contribution in [3.8, 4) is 11.5 Å². The Kier molecular flexibility index (Phi) is 7.64. The van der Waals surface area contributed by atoms with Crippen LogP contribution in [-0.4, -0.2) is 23.2 Å². The Morgan fingerprint density at radius 3 is 2.45 bits per heavy atom. The highest BCUT2D eigenvalue weighted by Crippen LogP contribution is 2.25. The highest BCUT2D eigenvalue weighted by atomic mass is 19.4. The number of aryl methyl sites for hydroxylation is 2. The average Bonchev–Trinajstić information content (AvgIpc) is 2.63. The monoisotopic (exact) mass is 409 g/mol. The zero-order valence-corrected chi connectivity index (χ0v) is 15.9. The highest BCUT2D eigenvalue weighted by molar-refractivity contribution is 5.75. The van der Waals surface area contributed by atoms with E-state index in [1.54, 1.807) is 30.3 Å². The fourth-order valence-electron chi connectivity index (χ4n) is 2.65. The van der Waals surface area contributed by atoms with Crippen LogP contribution in [0.15, 0.2) is 42.5 Å². The standard InChI is InChI=1S/C21H22F3NO4/c1-14-11-18(7-5-16(14)6-8-20(27)28)29-17-4-2-3-15(12-17)13-25-19(26)9-10-21(22,23)24/h2-5,7,11-12H,6,8-10,13H2,1H3,(H,25,26)(H,27,28). The molecule has 156 valence electrons. The number of ether oxygens (including phenoxy) is 1. The molecule has 0 fully saturated rings. The van der Waals surface area contributed by atoms with E-state index in [9.17, 15) is 22.8 Å². The summed E-state index contributed by atoms with van der Waals surface area (Å²) >= 11 is 0. The molecule has 0 radical (unpaired) electrons. The molecule has 0 aliphatic heterocycles. The van der Waals surface area contributed by atoms with Gasteiger partial charge in [-0.2, -0.15) is 13.2 Å². The second-order valence-electron chi connectivity index (χ2n) is 6.62. The molecule has 0 aliphatic carbocycles. The lowest BCUT2D eigenvalue weighted by Gasteiger charge is -2.11. The molecule has 0 unspecified atom stereocenters. The first-order valence-electron chi connectivity index (χ1n) is 9.04. The quantitative estimate of drug-likeness (QED) is 0.626. The first-order chi connectivity index (χ1) is 13.6. The maximum atomic E-state index is 12.1. The zero-order valence-electron chi connectivity index (χ0n) is 15.9. The molecule has 0 saturated heterocycles. The molecular formula is C21H22F3NO4. The molecule has 2 aromatic rings. The van der Waals surface area contributed by atoms with Gasteiger partial charge in [-0.15, -0.1) is 0 Å². The minimum atomic E-state index is -4.35. The van der Waals surface area contributed by atoms with Crippen molar-refractivity contribution in [2.24, 2.45) is 0 Å². The van der Waals surface area contributed by atoms with E-state index in [1.165, 1.54) is 0 Å². The Balaban J connectivity index is 1.93. The van der Waals surface area contributed by atoms with Crippen molar-refractivity contribution in [3.63, 3.8) is 0 Å². The Morgan fingerprint density at radius 1 is 1.07 bits per heavy atom. The van der Waals surface area contributed by atoms with Crippen LogP contribution in [0.4, 0.5) is 13.2 Å². The van der Waals surface area contributed by atoms with Crippen LogP contribution in [0.25, 0.3) is 0 Å². The average molecular weight is 409 g/mol. The van der Waals surface area contributed by atoms with Crippen LogP contribution in [0.5, 0.6) is 11.5 Å². The lowest BCUT2D eigenvalue weighted by molar-refractivity contribution is -0.144. The molecule has 2 N–H and O–H groups in total. The molecule has 2 rings (SSSR count). The summed E-state index contributed by atoms with van der Waals surface area (Å²) in [7, 11) is 0. The molecule has 1 amide bonds. The number of hydrogen-bond donors (Lipinski definition) is 2. The largest absolute Gasteiger partial charge is 0.481 e. The number of carboxylic acid groups (broad SMARTS) is 1. The van der Waals surface area contributed by atoms with E-state index in [0.29, 0.717) is 23.5 Å². The third-order valence-corrected chi connectivity index (χ3v) is 4.18. The molecular weight excluding hydrogens is 387 g/mol. The number of carboxylic acids is 1. The van der Waals surface area contributed by atoms with Crippen LogP contribution >= 0.6 is 0 Å². The number of nitrogens with one attached hydrogen (secondary N) is 1. The summed E-state index contributed by atoms with van der Waals surface area (Å²) in [5.41, 5.74) is 2.53. The maximum Gasteiger partial charge on any atom is 0.389 e. The Labute approximate surface area is 166 Å². The Hall–Kier alpha value is -3.03. The topological polar surface area (TPSA) is 75.6 Å². The van der Waals surface area contributed by atoms with Crippen molar-refractivity contribution in [3.05, 3.63) is 59.2 Å². The molecule has 8 heteroatoms. The van der Waals surface area contributed by atoms with Gasteiger partial charge in [-0.3, -0.25) is 9.59 Å². The SMILES string of the molecule is Cc1cc(Oc2cccc(CNC(=O)CCC(F)(F)F)c2)ccc1CCC(=O)O. The smallest absolute Gasteiger partial charge is 0.389 e. The fourth-order valence-corrected chi connectivity index (χ4v) is 2.65. The number of rotatable bonds is 9. The van der Waals surface area contributed by atoms with Gasteiger partial charge < -0.3 is 15.2 Å². The molecule has 29 heavy (non-hydrogen) atoms. The van der Waals surface area contributed by atoms with E-state index in [-0.39, 0.29) is 13.0 Å². The molecule has 0 aliphatic rings. The third-order valence-electron chi connectivity index (χ3n) is 4.18. The minimum absolute atomic E-state index is 0.0534. The molecule has 0 heterocycles. The summed E-state index contributed by atoms with van der Waals surface area (Å²) in [6, 6.07) is 12.2. The van der Waals surface area contributed by atoms with Crippen molar-refractivity contribution in [2.45, 2.75) is 45.3 Å². The maximum absolute atomic E-state index is 12.1. The molecule has 0 atom stereocenters. The molecule has 5 nitrogen and oxygen atoms in total. The fraction of sp³-hybridized carbons (Fsp3) is 0.333. The van der Waals surface area contributed by atoms with Crippen molar-refractivity contribution < 1.29 is 32.6 Å². The minimum Gasteiger partial charge on any atom is -0.481 e. The number of halogens is 3. The predicted molar refractivity (Wildman–Crippen MR) is 101 cm³/mol. The van der Waals surface area contributed by atoms with Crippen molar-refractivity contribution >= 4 is 11.9 Å².